The van der Waals surface area contributed by atoms with Gasteiger partial charge in [0.25, 0.3) is 0 Å². The van der Waals surface area contributed by atoms with E-state index in [1.807, 2.05) is 0 Å². The maximum atomic E-state index is 13.3. The minimum atomic E-state index is -1.82. The van der Waals surface area contributed by atoms with Crippen LogP contribution in [0.5, 0.6) is 5.75 Å². The summed E-state index contributed by atoms with van der Waals surface area (Å²) in [5.41, 5.74) is -1.79. The van der Waals surface area contributed by atoms with Gasteiger partial charge in [-0.1, -0.05) is 63.2 Å². The molecule has 1 N–H and O–H groups in total. The number of methoxy groups -OCH3 is 2. The zero-order chi connectivity index (χ0) is 23.2. The van der Waals surface area contributed by atoms with Gasteiger partial charge in [-0.3, -0.25) is 14.9 Å². The van der Waals surface area contributed by atoms with Gasteiger partial charge in [-0.2, -0.15) is 0 Å². The van der Waals surface area contributed by atoms with Crippen molar-refractivity contribution in [2.45, 2.75) is 32.2 Å². The molecule has 2 atom stereocenters. The van der Waals surface area contributed by atoms with Crippen LogP contribution in [0.2, 0.25) is 0 Å². The lowest BCUT2D eigenvalue weighted by atomic mass is 9.73. The number of esters is 1. The van der Waals surface area contributed by atoms with Crippen LogP contribution < -0.4 is 10.1 Å². The van der Waals surface area contributed by atoms with Crippen LogP contribution in [0.15, 0.2) is 54.6 Å². The maximum Gasteiger partial charge on any atom is 0.337 e. The molecule has 0 aromatic heterocycles. The minimum Gasteiger partial charge on any atom is -0.497 e. The van der Waals surface area contributed by atoms with Gasteiger partial charge in [0.1, 0.15) is 5.75 Å². The average Bonchev–Trinajstić information content (AvgIpc) is 2.75. The van der Waals surface area contributed by atoms with Gasteiger partial charge in [0.2, 0.25) is 12.5 Å². The van der Waals surface area contributed by atoms with Crippen LogP contribution in [-0.2, 0) is 19.9 Å². The molecular formula is C23H28N2O6. The van der Waals surface area contributed by atoms with E-state index in [0.717, 1.165) is 0 Å². The van der Waals surface area contributed by atoms with E-state index in [0.29, 0.717) is 16.9 Å². The first-order valence-electron chi connectivity index (χ1n) is 9.78. The number of benzene rings is 2. The number of amides is 1. The van der Waals surface area contributed by atoms with Crippen LogP contribution in [0.25, 0.3) is 0 Å². The summed E-state index contributed by atoms with van der Waals surface area (Å²) in [7, 11) is 2.70. The Hall–Kier alpha value is -3.42. The fraction of sp³-hybridized carbons (Fsp3) is 0.391. The molecular weight excluding hydrogens is 400 g/mol. The van der Waals surface area contributed by atoms with Gasteiger partial charge in [0.15, 0.2) is 5.54 Å². The van der Waals surface area contributed by atoms with Gasteiger partial charge in [-0.05, 0) is 23.3 Å². The number of nitrogens with zero attached hydrogens (tertiary/aromatic N) is 1. The Bertz CT molecular complexity index is 921. The van der Waals surface area contributed by atoms with Crippen LogP contribution in [0.4, 0.5) is 0 Å². The first-order chi connectivity index (χ1) is 14.6. The lowest BCUT2D eigenvalue weighted by molar-refractivity contribution is -0.485. The van der Waals surface area contributed by atoms with Crippen LogP contribution in [-0.4, -0.2) is 37.6 Å². The number of nitrogens with one attached hydrogen (secondary N) is 1. The van der Waals surface area contributed by atoms with Crippen molar-refractivity contribution in [2.24, 2.45) is 5.41 Å². The van der Waals surface area contributed by atoms with Crippen molar-refractivity contribution < 1.29 is 24.0 Å². The van der Waals surface area contributed by atoms with Crippen molar-refractivity contribution >= 4 is 11.9 Å². The highest BCUT2D eigenvalue weighted by atomic mass is 16.6. The summed E-state index contributed by atoms with van der Waals surface area (Å²) in [6, 6.07) is 15.1. The second-order valence-corrected chi connectivity index (χ2v) is 8.21. The molecule has 8 heteroatoms. The van der Waals surface area contributed by atoms with Gasteiger partial charge in [-0.25, -0.2) is 4.79 Å². The molecule has 8 nitrogen and oxygen atoms in total. The molecule has 2 aromatic rings. The Balaban J connectivity index is 2.82. The van der Waals surface area contributed by atoms with Gasteiger partial charge in [-0.15, -0.1) is 0 Å². The number of rotatable bonds is 8. The van der Waals surface area contributed by atoms with E-state index in [1.54, 1.807) is 75.4 Å². The summed E-state index contributed by atoms with van der Waals surface area (Å²) in [5.74, 6) is -1.72. The highest BCUT2D eigenvalue weighted by Gasteiger charge is 2.53. The lowest BCUT2D eigenvalue weighted by Crippen LogP contribution is -2.59. The Morgan fingerprint density at radius 1 is 1.03 bits per heavy atom. The molecule has 0 heterocycles. The normalized spacial score (nSPS) is 14.1. The van der Waals surface area contributed by atoms with Gasteiger partial charge in [0, 0.05) is 10.3 Å². The number of nitro groups is 1. The first-order valence-corrected chi connectivity index (χ1v) is 9.78. The van der Waals surface area contributed by atoms with Crippen molar-refractivity contribution in [3.63, 3.8) is 0 Å². The van der Waals surface area contributed by atoms with Gasteiger partial charge < -0.3 is 14.8 Å². The summed E-state index contributed by atoms with van der Waals surface area (Å²) in [6.45, 7) is 4.49. The van der Waals surface area contributed by atoms with E-state index in [9.17, 15) is 19.7 Å². The molecule has 0 spiro atoms. The summed E-state index contributed by atoms with van der Waals surface area (Å²) < 4.78 is 10.3. The Morgan fingerprint density at radius 3 is 2.06 bits per heavy atom. The lowest BCUT2D eigenvalue weighted by Gasteiger charge is -2.39. The van der Waals surface area contributed by atoms with Crippen LogP contribution >= 0.6 is 0 Å². The molecule has 2 aromatic carbocycles. The molecule has 2 rings (SSSR count). The fourth-order valence-corrected chi connectivity index (χ4v) is 3.38. The predicted molar refractivity (Wildman–Crippen MR) is 115 cm³/mol. The quantitative estimate of drug-likeness (QED) is 0.393. The van der Waals surface area contributed by atoms with E-state index in [4.69, 9.17) is 9.47 Å². The number of carbonyl (C=O) groups is 2. The zero-order valence-corrected chi connectivity index (χ0v) is 18.4. The summed E-state index contributed by atoms with van der Waals surface area (Å²) in [5, 5.41) is 14.5. The van der Waals surface area contributed by atoms with Crippen molar-refractivity contribution in [3.8, 4) is 5.75 Å². The molecule has 0 aliphatic rings. The molecule has 0 saturated heterocycles. The smallest absolute Gasteiger partial charge is 0.337 e. The van der Waals surface area contributed by atoms with E-state index < -0.39 is 40.2 Å². The van der Waals surface area contributed by atoms with Gasteiger partial charge in [0.05, 0.1) is 20.1 Å². The summed E-state index contributed by atoms with van der Waals surface area (Å²) in [4.78, 5) is 37.6. The number of carbonyl (C=O) groups excluding carboxylic acids is 2. The zero-order valence-electron chi connectivity index (χ0n) is 18.4. The van der Waals surface area contributed by atoms with Crippen LogP contribution in [0.3, 0.4) is 0 Å². The third kappa shape index (κ3) is 5.20. The SMILES string of the molecule is COC(=O)C(NC(=O)C(C)(C)C)(c1ccccc1)C(C[N+](=O)[O-])c1ccc(OC)cc1. The highest BCUT2D eigenvalue weighted by Crippen LogP contribution is 2.40. The molecule has 0 saturated carbocycles. The van der Waals surface area contributed by atoms with E-state index in [-0.39, 0.29) is 0 Å². The van der Waals surface area contributed by atoms with Crippen molar-refractivity contribution in [3.05, 3.63) is 75.8 Å². The Morgan fingerprint density at radius 2 is 1.61 bits per heavy atom. The molecule has 0 aliphatic carbocycles. The Kier molecular flexibility index (Phi) is 7.38. The molecule has 0 fully saturated rings. The molecule has 166 valence electrons. The standard InChI is InChI=1S/C23H28N2O6/c1-22(2,3)20(26)24-23(21(27)31-5,17-9-7-6-8-10-17)19(15-25(28)29)16-11-13-18(30-4)14-12-16/h6-14,19H,15H2,1-5H3,(H,24,26). The van der Waals surface area contributed by atoms with E-state index >= 15 is 0 Å². The molecule has 31 heavy (non-hydrogen) atoms. The van der Waals surface area contributed by atoms with Crippen molar-refractivity contribution in [1.82, 2.24) is 5.32 Å². The minimum absolute atomic E-state index is 0.391. The molecule has 0 radical (unpaired) electrons. The monoisotopic (exact) mass is 428 g/mol. The first kappa shape index (κ1) is 23.9. The second-order valence-electron chi connectivity index (χ2n) is 8.21. The third-order valence-electron chi connectivity index (χ3n) is 5.10. The molecule has 0 aliphatic heterocycles. The van der Waals surface area contributed by atoms with Crippen molar-refractivity contribution in [1.29, 1.82) is 0 Å². The maximum absolute atomic E-state index is 13.3. The summed E-state index contributed by atoms with van der Waals surface area (Å²) >= 11 is 0. The van der Waals surface area contributed by atoms with Crippen molar-refractivity contribution in [2.75, 3.05) is 20.8 Å². The number of hydrogen-bond donors (Lipinski definition) is 1. The number of hydrogen-bond acceptors (Lipinski definition) is 6. The van der Waals surface area contributed by atoms with Crippen LogP contribution in [0.1, 0.15) is 37.8 Å². The van der Waals surface area contributed by atoms with Crippen LogP contribution in [0, 0.1) is 15.5 Å². The summed E-state index contributed by atoms with van der Waals surface area (Å²) in [6.07, 6.45) is 0. The predicted octanol–water partition coefficient (Wildman–Crippen LogP) is 3.29. The average molecular weight is 428 g/mol. The molecule has 2 unspecified atom stereocenters. The van der Waals surface area contributed by atoms with E-state index in [1.165, 1.54) is 14.2 Å². The fourth-order valence-electron chi connectivity index (χ4n) is 3.38. The topological polar surface area (TPSA) is 108 Å². The Labute approximate surface area is 181 Å². The number of ether oxygens (including phenoxy) is 2. The van der Waals surface area contributed by atoms with E-state index in [2.05, 4.69) is 5.32 Å². The highest BCUT2D eigenvalue weighted by molar-refractivity contribution is 5.92. The van der Waals surface area contributed by atoms with Gasteiger partial charge >= 0.3 is 5.97 Å². The largest absolute Gasteiger partial charge is 0.497 e. The third-order valence-corrected chi connectivity index (χ3v) is 5.10. The molecule has 0 bridgehead atoms. The molecule has 1 amide bonds. The second kappa shape index (κ2) is 9.59.